The predicted octanol–water partition coefficient (Wildman–Crippen LogP) is 4.98. The van der Waals surface area contributed by atoms with Crippen LogP contribution in [0.25, 0.3) is 42.3 Å². The molecule has 30 heavy (non-hydrogen) atoms. The van der Waals surface area contributed by atoms with E-state index in [1.165, 1.54) is 17.4 Å². The van der Waals surface area contributed by atoms with Crippen LogP contribution in [0, 0.1) is 12.7 Å². The minimum Gasteiger partial charge on any atom is -0.487 e. The van der Waals surface area contributed by atoms with Crippen molar-refractivity contribution in [2.75, 3.05) is 13.7 Å². The van der Waals surface area contributed by atoms with Gasteiger partial charge in [-0.15, -0.1) is 11.3 Å². The number of hydrogen-bond donors (Lipinski definition) is 0. The second-order valence-corrected chi connectivity index (χ2v) is 7.98. The third-order valence-corrected chi connectivity index (χ3v) is 6.12. The third kappa shape index (κ3) is 2.97. The lowest BCUT2D eigenvalue weighted by Gasteiger charge is -2.06. The molecule has 1 atom stereocenters. The fourth-order valence-electron chi connectivity index (χ4n) is 3.68. The molecular formula is C20H15FN6O2S. The van der Waals surface area contributed by atoms with Gasteiger partial charge in [-0.25, -0.2) is 19.3 Å². The molecule has 5 rings (SSSR count). The summed E-state index contributed by atoms with van der Waals surface area (Å²) in [6, 6.07) is 5.32. The number of aromatic nitrogens is 3. The fraction of sp³-hybridized carbons (Fsp3) is 0.250. The normalized spacial score (nSPS) is 15.1. The Morgan fingerprint density at radius 1 is 1.33 bits per heavy atom. The van der Waals surface area contributed by atoms with Gasteiger partial charge >= 0.3 is 0 Å². The largest absolute Gasteiger partial charge is 0.487 e. The highest BCUT2D eigenvalue weighted by atomic mass is 32.1. The standard InChI is InChI=1S/C20H15FN6O2S/c1-9-3-11(17-14(4-9)25-16(28-2)8-23-17)20-26-15-6-13(21)18-12(19(15)30-20)5-10(29-18)7-24-27-22/h3-4,6,8,10H,5,7H2,1-2H3/t10-/m1/s1. The van der Waals surface area contributed by atoms with Gasteiger partial charge in [-0.1, -0.05) is 5.11 Å². The summed E-state index contributed by atoms with van der Waals surface area (Å²) in [6.07, 6.45) is 1.66. The average Bonchev–Trinajstić information content (AvgIpc) is 3.35. The van der Waals surface area contributed by atoms with E-state index in [9.17, 15) is 4.39 Å². The Bertz CT molecular complexity index is 1360. The van der Waals surface area contributed by atoms with Gasteiger partial charge in [-0.05, 0) is 30.2 Å². The maximum absolute atomic E-state index is 14.6. The molecule has 0 amide bonds. The molecule has 0 saturated heterocycles. The number of aryl methyl sites for hydroxylation is 1. The van der Waals surface area contributed by atoms with E-state index < -0.39 is 5.82 Å². The zero-order chi connectivity index (χ0) is 20.8. The number of thiazole rings is 1. The zero-order valence-corrected chi connectivity index (χ0v) is 16.9. The quantitative estimate of drug-likeness (QED) is 0.262. The molecule has 0 saturated carbocycles. The van der Waals surface area contributed by atoms with Crippen LogP contribution < -0.4 is 9.47 Å². The summed E-state index contributed by atoms with van der Waals surface area (Å²) in [5.41, 5.74) is 13.1. The van der Waals surface area contributed by atoms with Gasteiger partial charge in [0.25, 0.3) is 0 Å². The molecule has 0 spiro atoms. The number of ether oxygens (including phenoxy) is 2. The average molecular weight is 422 g/mol. The van der Waals surface area contributed by atoms with Gasteiger partial charge in [-0.3, -0.25) is 0 Å². The first-order chi connectivity index (χ1) is 14.6. The Balaban J connectivity index is 1.66. The number of azide groups is 1. The van der Waals surface area contributed by atoms with Gasteiger partial charge in [0.2, 0.25) is 5.88 Å². The molecule has 0 radical (unpaired) electrons. The number of halogens is 1. The summed E-state index contributed by atoms with van der Waals surface area (Å²) in [5.74, 6) is 0.192. The van der Waals surface area contributed by atoms with Crippen molar-refractivity contribution >= 4 is 32.6 Å². The zero-order valence-electron chi connectivity index (χ0n) is 16.1. The Labute approximate surface area is 173 Å². The molecule has 0 unspecified atom stereocenters. The summed E-state index contributed by atoms with van der Waals surface area (Å²) < 4.78 is 26.4. The smallest absolute Gasteiger partial charge is 0.232 e. The van der Waals surface area contributed by atoms with E-state index in [2.05, 4.69) is 25.0 Å². The van der Waals surface area contributed by atoms with Gasteiger partial charge in [0.15, 0.2) is 11.6 Å². The fourth-order valence-corrected chi connectivity index (χ4v) is 4.79. The van der Waals surface area contributed by atoms with Gasteiger partial charge in [0.1, 0.15) is 11.1 Å². The Kier molecular flexibility index (Phi) is 4.38. The number of benzene rings is 2. The van der Waals surface area contributed by atoms with Crippen LogP contribution in [-0.2, 0) is 6.42 Å². The number of fused-ring (bicyclic) bond motifs is 4. The van der Waals surface area contributed by atoms with Crippen LogP contribution >= 0.6 is 11.3 Å². The van der Waals surface area contributed by atoms with E-state index in [4.69, 9.17) is 15.0 Å². The molecule has 8 nitrogen and oxygen atoms in total. The number of methoxy groups -OCH3 is 1. The molecule has 4 aromatic rings. The van der Waals surface area contributed by atoms with Gasteiger partial charge in [0.05, 0.1) is 41.1 Å². The topological polar surface area (TPSA) is 106 Å². The third-order valence-electron chi connectivity index (χ3n) is 4.96. The molecule has 2 aromatic carbocycles. The number of rotatable bonds is 4. The first-order valence-corrected chi connectivity index (χ1v) is 10.00. The summed E-state index contributed by atoms with van der Waals surface area (Å²) in [4.78, 5) is 16.4. The van der Waals surface area contributed by atoms with E-state index >= 15 is 0 Å². The highest BCUT2D eigenvalue weighted by Crippen LogP contribution is 2.43. The van der Waals surface area contributed by atoms with E-state index in [0.717, 1.165) is 26.4 Å². The van der Waals surface area contributed by atoms with E-state index in [1.54, 1.807) is 13.3 Å². The summed E-state index contributed by atoms with van der Waals surface area (Å²) >= 11 is 1.46. The van der Waals surface area contributed by atoms with Crippen LogP contribution in [0.3, 0.4) is 0 Å². The number of nitrogens with zero attached hydrogens (tertiary/aromatic N) is 6. The molecule has 2 aromatic heterocycles. The summed E-state index contributed by atoms with van der Waals surface area (Å²) in [5, 5.41) is 4.28. The van der Waals surface area contributed by atoms with Crippen molar-refractivity contribution in [3.05, 3.63) is 51.8 Å². The predicted molar refractivity (Wildman–Crippen MR) is 112 cm³/mol. The lowest BCUT2D eigenvalue weighted by Crippen LogP contribution is -2.16. The van der Waals surface area contributed by atoms with E-state index in [1.807, 2.05) is 19.1 Å². The molecule has 0 bridgehead atoms. The van der Waals surface area contributed by atoms with Crippen LogP contribution in [0.15, 0.2) is 29.5 Å². The Morgan fingerprint density at radius 3 is 3.00 bits per heavy atom. The lowest BCUT2D eigenvalue weighted by atomic mass is 10.1. The molecule has 0 aliphatic carbocycles. The molecular weight excluding hydrogens is 407 g/mol. The number of hydrogen-bond acceptors (Lipinski definition) is 7. The summed E-state index contributed by atoms with van der Waals surface area (Å²) in [6.45, 7) is 2.13. The van der Waals surface area contributed by atoms with Crippen LogP contribution in [-0.4, -0.2) is 34.7 Å². The molecule has 1 aliphatic heterocycles. The van der Waals surface area contributed by atoms with Gasteiger partial charge in [0, 0.05) is 28.5 Å². The minimum absolute atomic E-state index is 0.151. The van der Waals surface area contributed by atoms with E-state index in [-0.39, 0.29) is 18.4 Å². The second-order valence-electron chi connectivity index (χ2n) is 6.98. The van der Waals surface area contributed by atoms with Crippen molar-refractivity contribution < 1.29 is 13.9 Å². The van der Waals surface area contributed by atoms with Crippen molar-refractivity contribution in [3.8, 4) is 22.2 Å². The first kappa shape index (κ1) is 18.5. The maximum Gasteiger partial charge on any atom is 0.232 e. The van der Waals surface area contributed by atoms with Crippen LogP contribution in [0.5, 0.6) is 11.6 Å². The van der Waals surface area contributed by atoms with E-state index in [0.29, 0.717) is 28.9 Å². The highest BCUT2D eigenvalue weighted by molar-refractivity contribution is 7.22. The molecule has 150 valence electrons. The molecule has 1 aliphatic rings. The van der Waals surface area contributed by atoms with Crippen molar-refractivity contribution in [2.45, 2.75) is 19.4 Å². The lowest BCUT2D eigenvalue weighted by molar-refractivity contribution is 0.232. The highest BCUT2D eigenvalue weighted by Gasteiger charge is 2.29. The maximum atomic E-state index is 14.6. The van der Waals surface area contributed by atoms with Crippen molar-refractivity contribution in [3.63, 3.8) is 0 Å². The van der Waals surface area contributed by atoms with Crippen molar-refractivity contribution in [1.29, 1.82) is 0 Å². The minimum atomic E-state index is -0.462. The van der Waals surface area contributed by atoms with Gasteiger partial charge < -0.3 is 9.47 Å². The van der Waals surface area contributed by atoms with Crippen LogP contribution in [0.1, 0.15) is 11.1 Å². The van der Waals surface area contributed by atoms with Crippen LogP contribution in [0.2, 0.25) is 0 Å². The molecule has 10 heteroatoms. The molecule has 0 fully saturated rings. The van der Waals surface area contributed by atoms with Crippen molar-refractivity contribution in [1.82, 2.24) is 15.0 Å². The first-order valence-electron chi connectivity index (χ1n) is 9.18. The Hall–Kier alpha value is -3.49. The van der Waals surface area contributed by atoms with Gasteiger partial charge in [-0.2, -0.15) is 0 Å². The molecule has 3 heterocycles. The Morgan fingerprint density at radius 2 is 2.20 bits per heavy atom. The second kappa shape index (κ2) is 7.08. The summed E-state index contributed by atoms with van der Waals surface area (Å²) in [7, 11) is 1.55. The SMILES string of the molecule is COc1cnc2c(-c3nc4cc(F)c5c(c4s3)C[C@H](CN=[N+]=[N-])O5)cc(C)cc2n1. The molecule has 0 N–H and O–H groups in total. The monoisotopic (exact) mass is 422 g/mol. The van der Waals surface area contributed by atoms with Crippen LogP contribution in [0.4, 0.5) is 4.39 Å². The van der Waals surface area contributed by atoms with Crippen molar-refractivity contribution in [2.24, 2.45) is 5.11 Å².